The van der Waals surface area contributed by atoms with Gasteiger partial charge in [-0.2, -0.15) is 0 Å². The number of hydrogen-bond acceptors (Lipinski definition) is 6. The van der Waals surface area contributed by atoms with Gasteiger partial charge in [-0.25, -0.2) is 9.54 Å². The third-order valence-corrected chi connectivity index (χ3v) is 4.90. The zero-order valence-electron chi connectivity index (χ0n) is 17.0. The highest BCUT2D eigenvalue weighted by Gasteiger charge is 2.29. The highest BCUT2D eigenvalue weighted by atomic mass is 19.3. The number of carbonyl (C=O) groups excluding carboxylic acids is 1. The predicted molar refractivity (Wildman–Crippen MR) is 119 cm³/mol. The summed E-state index contributed by atoms with van der Waals surface area (Å²) in [6, 6.07) is 11.5. The maximum atomic E-state index is 13.6. The Balaban J connectivity index is 1.69. The fourth-order valence-electron chi connectivity index (χ4n) is 3.41. The number of carbonyl (C=O) groups is 1. The Morgan fingerprint density at radius 1 is 1.28 bits per heavy atom. The van der Waals surface area contributed by atoms with Crippen LogP contribution in [0.4, 0.5) is 14.5 Å². The maximum absolute atomic E-state index is 13.6. The zero-order chi connectivity index (χ0) is 22.7. The van der Waals surface area contributed by atoms with Gasteiger partial charge in [0.2, 0.25) is 5.91 Å². The molecular weight excluding hydrogens is 417 g/mol. The van der Waals surface area contributed by atoms with Gasteiger partial charge in [-0.1, -0.05) is 59.7 Å². The number of anilines is 1. The molecule has 0 aliphatic carbocycles. The summed E-state index contributed by atoms with van der Waals surface area (Å²) in [5, 5.41) is 15.3. The van der Waals surface area contributed by atoms with Crippen LogP contribution >= 0.6 is 0 Å². The minimum absolute atomic E-state index is 0.0593. The van der Waals surface area contributed by atoms with Gasteiger partial charge in [0.1, 0.15) is 6.54 Å². The molecule has 0 atom stereocenters. The molecule has 0 fully saturated rings. The van der Waals surface area contributed by atoms with Gasteiger partial charge >= 0.3 is 7.19 Å². The van der Waals surface area contributed by atoms with Crippen LogP contribution < -0.4 is 11.0 Å². The van der Waals surface area contributed by atoms with Gasteiger partial charge in [0.05, 0.1) is 17.1 Å². The number of aromatic nitrogens is 4. The van der Waals surface area contributed by atoms with E-state index in [9.17, 15) is 13.6 Å². The van der Waals surface area contributed by atoms with E-state index < -0.39 is 12.9 Å². The molecule has 1 amide bonds. The van der Waals surface area contributed by atoms with E-state index in [1.807, 2.05) is 36.4 Å². The predicted octanol–water partition coefficient (Wildman–Crippen LogP) is 2.81. The lowest BCUT2D eigenvalue weighted by molar-refractivity contribution is -0.114. The highest BCUT2D eigenvalue weighted by molar-refractivity contribution is 6.58. The van der Waals surface area contributed by atoms with Gasteiger partial charge in [-0.3, -0.25) is 14.1 Å². The van der Waals surface area contributed by atoms with E-state index >= 15 is 0 Å². The Morgan fingerprint density at radius 3 is 2.88 bits per heavy atom. The number of rotatable bonds is 6. The van der Waals surface area contributed by atoms with Gasteiger partial charge in [-0.05, 0) is 34.4 Å². The summed E-state index contributed by atoms with van der Waals surface area (Å²) < 4.78 is 26.9. The lowest BCUT2D eigenvalue weighted by Gasteiger charge is -2.13. The summed E-state index contributed by atoms with van der Waals surface area (Å²) in [5.41, 5.74) is 2.33. The number of allylic oxidation sites excluding steroid dienone is 5. The SMILES string of the molecule is C=C(/C=C\C(=C/C)n1nnnc1B(F)OF)C1=NCC(=O)Nc2c1ccc1ccccc21. The van der Waals surface area contributed by atoms with Crippen molar-refractivity contribution >= 4 is 46.7 Å². The van der Waals surface area contributed by atoms with Crippen molar-refractivity contribution in [2.24, 2.45) is 4.99 Å². The molecule has 0 spiro atoms. The number of benzene rings is 2. The van der Waals surface area contributed by atoms with Crippen LogP contribution in [0.15, 0.2) is 71.8 Å². The topological polar surface area (TPSA) is 94.3 Å². The van der Waals surface area contributed by atoms with E-state index in [0.717, 1.165) is 21.0 Å². The van der Waals surface area contributed by atoms with Crippen LogP contribution in [0.5, 0.6) is 0 Å². The number of aliphatic imine (C=N–C) groups is 1. The van der Waals surface area contributed by atoms with Crippen LogP contribution in [0.1, 0.15) is 12.5 Å². The van der Waals surface area contributed by atoms with Crippen LogP contribution in [-0.4, -0.2) is 45.6 Å². The Labute approximate surface area is 182 Å². The normalized spacial score (nSPS) is 14.2. The molecule has 160 valence electrons. The van der Waals surface area contributed by atoms with Crippen molar-refractivity contribution in [3.8, 4) is 0 Å². The Hall–Kier alpha value is -3.99. The minimum atomic E-state index is -2.43. The van der Waals surface area contributed by atoms with Crippen molar-refractivity contribution in [1.29, 1.82) is 0 Å². The summed E-state index contributed by atoms with van der Waals surface area (Å²) in [5.74, 6) is -0.234. The zero-order valence-corrected chi connectivity index (χ0v) is 17.0. The lowest BCUT2D eigenvalue weighted by atomic mass is 9.94. The Kier molecular flexibility index (Phi) is 5.99. The molecular formula is C21H17BF2N6O2. The third-order valence-electron chi connectivity index (χ3n) is 4.90. The monoisotopic (exact) mass is 434 g/mol. The molecule has 0 radical (unpaired) electrons. The van der Waals surface area contributed by atoms with Crippen molar-refractivity contribution in [3.63, 3.8) is 0 Å². The largest absolute Gasteiger partial charge is 0.609 e. The van der Waals surface area contributed by atoms with E-state index in [4.69, 9.17) is 0 Å². The van der Waals surface area contributed by atoms with Gasteiger partial charge in [0.25, 0.3) is 0 Å². The van der Waals surface area contributed by atoms with Crippen LogP contribution in [0, 0.1) is 0 Å². The molecule has 1 aliphatic heterocycles. The fraction of sp³-hybridized carbons (Fsp3) is 0.0952. The number of nitrogens with zero attached hydrogens (tertiary/aromatic N) is 5. The molecule has 1 aromatic heterocycles. The second-order valence-electron chi connectivity index (χ2n) is 6.85. The summed E-state index contributed by atoms with van der Waals surface area (Å²) in [4.78, 5) is 19.9. The molecule has 32 heavy (non-hydrogen) atoms. The van der Waals surface area contributed by atoms with Crippen LogP contribution in [0.3, 0.4) is 0 Å². The Bertz CT molecular complexity index is 1300. The third kappa shape index (κ3) is 3.97. The molecule has 4 rings (SSSR count). The van der Waals surface area contributed by atoms with Gasteiger partial charge < -0.3 is 5.32 Å². The molecule has 3 aromatic rings. The van der Waals surface area contributed by atoms with Crippen molar-refractivity contribution in [2.75, 3.05) is 11.9 Å². The van der Waals surface area contributed by atoms with E-state index in [2.05, 4.69) is 37.3 Å². The average Bonchev–Trinajstić information content (AvgIpc) is 3.22. The molecule has 0 unspecified atom stereocenters. The van der Waals surface area contributed by atoms with Crippen LogP contribution in [-0.2, 0) is 9.65 Å². The van der Waals surface area contributed by atoms with Crippen molar-refractivity contribution in [1.82, 2.24) is 20.2 Å². The molecule has 2 heterocycles. The fourth-order valence-corrected chi connectivity index (χ4v) is 3.41. The first-order valence-corrected chi connectivity index (χ1v) is 9.63. The Morgan fingerprint density at radius 2 is 2.09 bits per heavy atom. The first kappa shape index (κ1) is 21.3. The number of amides is 1. The standard InChI is InChI=1S/C21H17BF2N6O2/c1-3-15(30-21(22(23)32-24)27-28-29-30)10-8-13(2)19-17-11-9-14-6-4-5-7-16(14)20(17)26-18(31)12-25-19/h3-11H,2,12H2,1H3,(H,26,31)/b10-8-,15-3+. The molecule has 8 nitrogen and oxygen atoms in total. The first-order chi connectivity index (χ1) is 15.5. The summed E-state index contributed by atoms with van der Waals surface area (Å²) in [6.45, 7) is 5.71. The number of fused-ring (bicyclic) bond motifs is 3. The summed E-state index contributed by atoms with van der Waals surface area (Å²) >= 11 is 0. The smallest absolute Gasteiger partial charge is 0.323 e. The molecule has 0 bridgehead atoms. The molecule has 11 heteroatoms. The molecule has 2 aromatic carbocycles. The highest BCUT2D eigenvalue weighted by Crippen LogP contribution is 2.31. The van der Waals surface area contributed by atoms with Crippen molar-refractivity contribution in [3.05, 3.63) is 72.3 Å². The maximum Gasteiger partial charge on any atom is 0.609 e. The lowest BCUT2D eigenvalue weighted by Crippen LogP contribution is -2.35. The number of nitrogens with one attached hydrogen (secondary N) is 1. The second-order valence-corrected chi connectivity index (χ2v) is 6.85. The first-order valence-electron chi connectivity index (χ1n) is 9.63. The van der Waals surface area contributed by atoms with E-state index in [1.165, 1.54) is 0 Å². The van der Waals surface area contributed by atoms with Crippen molar-refractivity contribution < 1.29 is 18.5 Å². The van der Waals surface area contributed by atoms with Crippen LogP contribution in [0.2, 0.25) is 0 Å². The van der Waals surface area contributed by atoms with Crippen LogP contribution in [0.25, 0.3) is 16.5 Å². The van der Waals surface area contributed by atoms with Gasteiger partial charge in [0.15, 0.2) is 5.72 Å². The summed E-state index contributed by atoms with van der Waals surface area (Å²) in [7, 11) is -2.43. The number of halogens is 2. The molecule has 1 N–H and O–H groups in total. The van der Waals surface area contributed by atoms with E-state index in [-0.39, 0.29) is 12.5 Å². The number of hydrogen-bond donors (Lipinski definition) is 1. The quantitative estimate of drug-likeness (QED) is 0.476. The van der Waals surface area contributed by atoms with Gasteiger partial charge in [-0.15, -0.1) is 5.10 Å². The van der Waals surface area contributed by atoms with E-state index in [1.54, 1.807) is 25.2 Å². The molecule has 1 aliphatic rings. The number of tetrazole rings is 1. The molecule has 0 saturated heterocycles. The average molecular weight is 434 g/mol. The minimum Gasteiger partial charge on any atom is -0.323 e. The molecule has 0 saturated carbocycles. The van der Waals surface area contributed by atoms with Gasteiger partial charge in [0, 0.05) is 10.9 Å². The second kappa shape index (κ2) is 9.02. The van der Waals surface area contributed by atoms with E-state index in [0.29, 0.717) is 22.7 Å². The summed E-state index contributed by atoms with van der Waals surface area (Å²) in [6.07, 6.45) is 4.82. The van der Waals surface area contributed by atoms with Crippen molar-refractivity contribution in [2.45, 2.75) is 6.92 Å².